The molecule has 0 fully saturated rings. The lowest BCUT2D eigenvalue weighted by molar-refractivity contribution is -0.137. The Morgan fingerprint density at radius 1 is 1.20 bits per heavy atom. The number of halogens is 4. The Bertz CT molecular complexity index is 801. The van der Waals surface area contributed by atoms with Gasteiger partial charge in [0, 0.05) is 10.6 Å². The molecule has 0 atom stereocenters. The van der Waals surface area contributed by atoms with Crippen molar-refractivity contribution in [1.29, 1.82) is 5.26 Å². The molecular weight excluding hydrogens is 373 g/mol. The number of alkyl halides is 3. The van der Waals surface area contributed by atoms with Crippen molar-refractivity contribution >= 4 is 35.0 Å². The Balaban J connectivity index is 1.95. The standard InChI is InChI=1S/C17H12ClF3N2OS/c18-15-6-5-13(9-14(15)17(19,20)21)25-10-16(24)23-12-3-1-11(2-4-12)7-8-22/h1-6,9H,7,10H2,(H,23,24). The summed E-state index contributed by atoms with van der Waals surface area (Å²) in [5.41, 5.74) is 0.461. The zero-order chi connectivity index (χ0) is 18.4. The first-order valence-electron chi connectivity index (χ1n) is 7.05. The van der Waals surface area contributed by atoms with E-state index < -0.39 is 11.7 Å². The minimum Gasteiger partial charge on any atom is -0.325 e. The van der Waals surface area contributed by atoms with Gasteiger partial charge in [-0.05, 0) is 35.9 Å². The van der Waals surface area contributed by atoms with Crippen LogP contribution >= 0.6 is 23.4 Å². The second-order valence-electron chi connectivity index (χ2n) is 5.01. The van der Waals surface area contributed by atoms with Crippen LogP contribution in [0.25, 0.3) is 0 Å². The molecule has 25 heavy (non-hydrogen) atoms. The summed E-state index contributed by atoms with van der Waals surface area (Å²) in [5, 5.41) is 10.9. The van der Waals surface area contributed by atoms with Gasteiger partial charge in [0.2, 0.25) is 5.91 Å². The lowest BCUT2D eigenvalue weighted by Gasteiger charge is -2.11. The van der Waals surface area contributed by atoms with Gasteiger partial charge in [0.05, 0.1) is 28.8 Å². The van der Waals surface area contributed by atoms with E-state index in [9.17, 15) is 18.0 Å². The van der Waals surface area contributed by atoms with Gasteiger partial charge < -0.3 is 5.32 Å². The number of anilines is 1. The number of thioether (sulfide) groups is 1. The van der Waals surface area contributed by atoms with Crippen LogP contribution in [-0.2, 0) is 17.4 Å². The van der Waals surface area contributed by atoms with Gasteiger partial charge in [0.15, 0.2) is 0 Å². The number of benzene rings is 2. The van der Waals surface area contributed by atoms with E-state index >= 15 is 0 Å². The van der Waals surface area contributed by atoms with Crippen LogP contribution in [0.3, 0.4) is 0 Å². The maximum Gasteiger partial charge on any atom is 0.417 e. The quantitative estimate of drug-likeness (QED) is 0.725. The largest absolute Gasteiger partial charge is 0.417 e. The number of nitrogens with zero attached hydrogens (tertiary/aromatic N) is 1. The molecule has 1 N–H and O–H groups in total. The molecule has 3 nitrogen and oxygen atoms in total. The van der Waals surface area contributed by atoms with Crippen LogP contribution in [0.5, 0.6) is 0 Å². The van der Waals surface area contributed by atoms with Crippen molar-refractivity contribution in [1.82, 2.24) is 0 Å². The fraction of sp³-hybridized carbons (Fsp3) is 0.176. The summed E-state index contributed by atoms with van der Waals surface area (Å²) >= 11 is 6.54. The molecule has 0 aliphatic heterocycles. The van der Waals surface area contributed by atoms with Crippen LogP contribution in [0.2, 0.25) is 5.02 Å². The number of hydrogen-bond acceptors (Lipinski definition) is 3. The molecule has 0 spiro atoms. The minimum atomic E-state index is -4.54. The van der Waals surface area contributed by atoms with Gasteiger partial charge in [-0.15, -0.1) is 11.8 Å². The third-order valence-electron chi connectivity index (χ3n) is 3.13. The lowest BCUT2D eigenvalue weighted by atomic mass is 10.1. The molecule has 0 bridgehead atoms. The van der Waals surface area contributed by atoms with Gasteiger partial charge in [-0.3, -0.25) is 4.79 Å². The summed E-state index contributed by atoms with van der Waals surface area (Å²) in [6, 6.07) is 12.3. The molecule has 0 saturated carbocycles. The highest BCUT2D eigenvalue weighted by Gasteiger charge is 2.33. The van der Waals surface area contributed by atoms with Crippen molar-refractivity contribution in [3.63, 3.8) is 0 Å². The molecule has 2 rings (SSSR count). The number of carbonyl (C=O) groups is 1. The highest BCUT2D eigenvalue weighted by Crippen LogP contribution is 2.37. The molecule has 2 aromatic rings. The number of carbonyl (C=O) groups excluding carboxylic acids is 1. The van der Waals surface area contributed by atoms with E-state index in [0.717, 1.165) is 23.4 Å². The van der Waals surface area contributed by atoms with Gasteiger partial charge in [0.1, 0.15) is 0 Å². The van der Waals surface area contributed by atoms with Gasteiger partial charge >= 0.3 is 6.18 Å². The van der Waals surface area contributed by atoms with Gasteiger partial charge in [-0.2, -0.15) is 18.4 Å². The van der Waals surface area contributed by atoms with E-state index in [1.54, 1.807) is 24.3 Å². The second kappa shape index (κ2) is 8.28. The Hall–Kier alpha value is -2.17. The van der Waals surface area contributed by atoms with Crippen molar-refractivity contribution in [2.45, 2.75) is 17.5 Å². The Morgan fingerprint density at radius 2 is 1.88 bits per heavy atom. The number of nitriles is 1. The molecule has 0 heterocycles. The topological polar surface area (TPSA) is 52.9 Å². The predicted molar refractivity (Wildman–Crippen MR) is 91.6 cm³/mol. The fourth-order valence-electron chi connectivity index (χ4n) is 1.95. The molecule has 0 saturated heterocycles. The summed E-state index contributed by atoms with van der Waals surface area (Å²) in [5.74, 6) is -0.389. The van der Waals surface area contributed by atoms with Crippen LogP contribution in [0.4, 0.5) is 18.9 Å². The summed E-state index contributed by atoms with van der Waals surface area (Å²) in [7, 11) is 0. The maximum atomic E-state index is 12.8. The normalized spacial score (nSPS) is 11.0. The molecule has 0 radical (unpaired) electrons. The first-order chi connectivity index (χ1) is 11.8. The number of nitrogens with one attached hydrogen (secondary N) is 1. The highest BCUT2D eigenvalue weighted by molar-refractivity contribution is 8.00. The molecule has 0 aliphatic rings. The Morgan fingerprint density at radius 3 is 2.48 bits per heavy atom. The van der Waals surface area contributed by atoms with E-state index in [0.29, 0.717) is 10.6 Å². The molecule has 2 aromatic carbocycles. The second-order valence-corrected chi connectivity index (χ2v) is 6.46. The maximum absolute atomic E-state index is 12.8. The lowest BCUT2D eigenvalue weighted by Crippen LogP contribution is -2.14. The van der Waals surface area contributed by atoms with Crippen molar-refractivity contribution in [3.05, 3.63) is 58.6 Å². The first kappa shape index (κ1) is 19.2. The van der Waals surface area contributed by atoms with Crippen LogP contribution < -0.4 is 5.32 Å². The van der Waals surface area contributed by atoms with E-state index in [1.165, 1.54) is 12.1 Å². The van der Waals surface area contributed by atoms with Crippen LogP contribution in [0, 0.1) is 11.3 Å². The molecule has 130 valence electrons. The van der Waals surface area contributed by atoms with E-state index in [1.807, 2.05) is 6.07 Å². The smallest absolute Gasteiger partial charge is 0.325 e. The van der Waals surface area contributed by atoms with Crippen molar-refractivity contribution in [2.75, 3.05) is 11.1 Å². The molecule has 0 aromatic heterocycles. The number of amides is 1. The predicted octanol–water partition coefficient (Wildman–Crippen LogP) is 5.16. The Labute approximate surface area is 151 Å². The summed E-state index contributed by atoms with van der Waals surface area (Å²) in [4.78, 5) is 12.2. The zero-order valence-corrected chi connectivity index (χ0v) is 14.3. The summed E-state index contributed by atoms with van der Waals surface area (Å²) < 4.78 is 38.4. The molecular formula is C17H12ClF3N2OS. The molecule has 1 amide bonds. The average molecular weight is 385 g/mol. The molecule has 8 heteroatoms. The van der Waals surface area contributed by atoms with Gasteiger partial charge in [0.25, 0.3) is 0 Å². The molecule has 0 aliphatic carbocycles. The zero-order valence-electron chi connectivity index (χ0n) is 12.7. The summed E-state index contributed by atoms with van der Waals surface area (Å²) in [6.45, 7) is 0. The number of rotatable bonds is 5. The van der Waals surface area contributed by atoms with E-state index in [2.05, 4.69) is 5.32 Å². The van der Waals surface area contributed by atoms with E-state index in [-0.39, 0.29) is 23.1 Å². The fourth-order valence-corrected chi connectivity index (χ4v) is 2.91. The van der Waals surface area contributed by atoms with Crippen molar-refractivity contribution in [2.24, 2.45) is 0 Å². The average Bonchev–Trinajstić information content (AvgIpc) is 2.55. The van der Waals surface area contributed by atoms with Gasteiger partial charge in [-0.25, -0.2) is 0 Å². The van der Waals surface area contributed by atoms with E-state index in [4.69, 9.17) is 16.9 Å². The third kappa shape index (κ3) is 5.69. The molecule has 0 unspecified atom stereocenters. The minimum absolute atomic E-state index is 0.0428. The van der Waals surface area contributed by atoms with Crippen LogP contribution in [0.1, 0.15) is 11.1 Å². The van der Waals surface area contributed by atoms with Crippen molar-refractivity contribution < 1.29 is 18.0 Å². The monoisotopic (exact) mass is 384 g/mol. The summed E-state index contributed by atoms with van der Waals surface area (Å²) in [6.07, 6.45) is -4.26. The SMILES string of the molecule is N#CCc1ccc(NC(=O)CSc2ccc(Cl)c(C(F)(F)F)c2)cc1. The Kier molecular flexibility index (Phi) is 6.34. The van der Waals surface area contributed by atoms with Crippen LogP contribution in [-0.4, -0.2) is 11.7 Å². The van der Waals surface area contributed by atoms with Gasteiger partial charge in [-0.1, -0.05) is 23.7 Å². The number of hydrogen-bond donors (Lipinski definition) is 1. The third-order valence-corrected chi connectivity index (χ3v) is 4.46. The first-order valence-corrected chi connectivity index (χ1v) is 8.41. The van der Waals surface area contributed by atoms with Crippen LogP contribution in [0.15, 0.2) is 47.4 Å². The van der Waals surface area contributed by atoms with Crippen molar-refractivity contribution in [3.8, 4) is 6.07 Å². The highest BCUT2D eigenvalue weighted by atomic mass is 35.5.